The van der Waals surface area contributed by atoms with E-state index in [0.29, 0.717) is 28.6 Å². The zero-order valence-corrected chi connectivity index (χ0v) is 16.9. The summed E-state index contributed by atoms with van der Waals surface area (Å²) in [4.78, 5) is 30.4. The minimum atomic E-state index is -0.460. The minimum Gasteiger partial charge on any atom is -0.462 e. The lowest BCUT2D eigenvalue weighted by atomic mass is 9.87. The van der Waals surface area contributed by atoms with Crippen LogP contribution in [0.15, 0.2) is 99.5 Å². The van der Waals surface area contributed by atoms with Gasteiger partial charge in [0, 0.05) is 41.0 Å². The molecule has 0 bridgehead atoms. The van der Waals surface area contributed by atoms with Crippen molar-refractivity contribution in [2.24, 2.45) is 9.98 Å². The molecule has 0 spiro atoms. The van der Waals surface area contributed by atoms with Gasteiger partial charge < -0.3 is 4.42 Å². The number of aliphatic imine (C=N–C) groups is 2. The molecule has 0 saturated carbocycles. The third kappa shape index (κ3) is 3.68. The van der Waals surface area contributed by atoms with Crippen LogP contribution >= 0.6 is 0 Å². The Kier molecular flexibility index (Phi) is 4.83. The average Bonchev–Trinajstić information content (AvgIpc) is 3.31. The van der Waals surface area contributed by atoms with Crippen LogP contribution in [0.25, 0.3) is 0 Å². The highest BCUT2D eigenvalue weighted by atomic mass is 16.6. The summed E-state index contributed by atoms with van der Waals surface area (Å²) in [5.41, 5.74) is 4.67. The topological polar surface area (TPSA) is 124 Å². The number of rotatable bonds is 4. The Morgan fingerprint density at radius 3 is 1.61 bits per heavy atom. The van der Waals surface area contributed by atoms with Crippen LogP contribution in [0.4, 0.5) is 22.7 Å². The van der Waals surface area contributed by atoms with Crippen LogP contribution in [-0.4, -0.2) is 21.3 Å². The highest BCUT2D eigenvalue weighted by Gasteiger charge is 2.29. The van der Waals surface area contributed by atoms with Crippen LogP contribution < -0.4 is 0 Å². The fraction of sp³-hybridized carbons (Fsp3) is 0. The van der Waals surface area contributed by atoms with Crippen LogP contribution in [0.3, 0.4) is 0 Å². The highest BCUT2D eigenvalue weighted by molar-refractivity contribution is 6.31. The third-order valence-corrected chi connectivity index (χ3v) is 5.18. The summed E-state index contributed by atoms with van der Waals surface area (Å²) < 4.78 is 5.77. The number of nitro benzene ring substituents is 2. The van der Waals surface area contributed by atoms with E-state index in [4.69, 9.17) is 14.4 Å². The fourth-order valence-corrected chi connectivity index (χ4v) is 3.63. The maximum absolute atomic E-state index is 10.9. The summed E-state index contributed by atoms with van der Waals surface area (Å²) in [5, 5.41) is 21.9. The molecule has 5 rings (SSSR count). The predicted octanol–water partition coefficient (Wildman–Crippen LogP) is 5.75. The van der Waals surface area contributed by atoms with Crippen molar-refractivity contribution in [3.05, 3.63) is 128 Å². The number of nitrogens with zero attached hydrogens (tertiary/aromatic N) is 4. The van der Waals surface area contributed by atoms with Crippen LogP contribution in [0.2, 0.25) is 0 Å². The smallest absolute Gasteiger partial charge is 0.269 e. The van der Waals surface area contributed by atoms with Gasteiger partial charge in [0.2, 0.25) is 0 Å². The zero-order valence-electron chi connectivity index (χ0n) is 16.9. The first-order chi connectivity index (χ1) is 16.0. The summed E-state index contributed by atoms with van der Waals surface area (Å²) in [5.74, 6) is 0.521. The summed E-state index contributed by atoms with van der Waals surface area (Å²) in [6.45, 7) is 0. The molecular weight excluding hydrogens is 424 g/mol. The van der Waals surface area contributed by atoms with Gasteiger partial charge in [-0.05, 0) is 30.3 Å². The molecule has 0 fully saturated rings. The minimum absolute atomic E-state index is 0.00971. The molecule has 4 aromatic rings. The zero-order chi connectivity index (χ0) is 22.9. The van der Waals surface area contributed by atoms with Crippen LogP contribution in [0.1, 0.15) is 22.5 Å². The standard InChI is InChI=1S/C24H14N4O5/c29-27(30)17-9-5-15(6-10-17)25-22-19-3-1-2-4-20(19)23(24-21(22)13-14-33-24)26-16-7-11-18(12-8-16)28(31)32/h1-14H. The molecule has 0 atom stereocenters. The van der Waals surface area contributed by atoms with Crippen molar-refractivity contribution in [2.75, 3.05) is 0 Å². The molecule has 0 radical (unpaired) electrons. The normalized spacial score (nSPS) is 14.7. The van der Waals surface area contributed by atoms with Crippen molar-refractivity contribution in [3.63, 3.8) is 0 Å². The van der Waals surface area contributed by atoms with Crippen molar-refractivity contribution >= 4 is 34.2 Å². The van der Waals surface area contributed by atoms with E-state index >= 15 is 0 Å². The predicted molar refractivity (Wildman–Crippen MR) is 122 cm³/mol. The quantitative estimate of drug-likeness (QED) is 0.261. The van der Waals surface area contributed by atoms with Crippen molar-refractivity contribution in [1.82, 2.24) is 0 Å². The first-order valence-electron chi connectivity index (χ1n) is 9.85. The number of furan rings is 1. The second-order valence-electron chi connectivity index (χ2n) is 7.18. The number of non-ortho nitro benzene ring substituents is 2. The number of benzene rings is 3. The van der Waals surface area contributed by atoms with E-state index in [2.05, 4.69) is 0 Å². The van der Waals surface area contributed by atoms with Crippen molar-refractivity contribution in [1.29, 1.82) is 0 Å². The van der Waals surface area contributed by atoms with Gasteiger partial charge in [-0.3, -0.25) is 20.2 Å². The van der Waals surface area contributed by atoms with E-state index in [1.165, 1.54) is 24.3 Å². The summed E-state index contributed by atoms with van der Waals surface area (Å²) in [6, 6.07) is 21.3. The van der Waals surface area contributed by atoms with Gasteiger partial charge in [-0.15, -0.1) is 0 Å². The lowest BCUT2D eigenvalue weighted by Crippen LogP contribution is -2.20. The number of nitro groups is 2. The van der Waals surface area contributed by atoms with Gasteiger partial charge in [0.05, 0.1) is 33.2 Å². The Morgan fingerprint density at radius 2 is 1.09 bits per heavy atom. The van der Waals surface area contributed by atoms with Gasteiger partial charge in [-0.25, -0.2) is 9.98 Å². The van der Waals surface area contributed by atoms with Crippen LogP contribution in [0.5, 0.6) is 0 Å². The van der Waals surface area contributed by atoms with E-state index in [1.54, 1.807) is 36.6 Å². The molecule has 0 unspecified atom stereocenters. The Hall–Kier alpha value is -4.92. The number of hydrogen-bond donors (Lipinski definition) is 0. The average molecular weight is 438 g/mol. The molecule has 9 heteroatoms. The van der Waals surface area contributed by atoms with Crippen molar-refractivity contribution in [3.8, 4) is 0 Å². The summed E-state index contributed by atoms with van der Waals surface area (Å²) in [6.07, 6.45) is 1.55. The molecule has 0 amide bonds. The van der Waals surface area contributed by atoms with Gasteiger partial charge >= 0.3 is 0 Å². The molecule has 3 aromatic carbocycles. The summed E-state index contributed by atoms with van der Waals surface area (Å²) in [7, 11) is 0. The molecule has 33 heavy (non-hydrogen) atoms. The Morgan fingerprint density at radius 1 is 0.606 bits per heavy atom. The number of hydrogen-bond acceptors (Lipinski definition) is 7. The lowest BCUT2D eigenvalue weighted by molar-refractivity contribution is -0.385. The van der Waals surface area contributed by atoms with E-state index in [0.717, 1.165) is 16.7 Å². The Balaban J connectivity index is 1.63. The Bertz CT molecular complexity index is 1340. The molecule has 1 heterocycles. The molecule has 0 aliphatic heterocycles. The van der Waals surface area contributed by atoms with Gasteiger partial charge in [-0.1, -0.05) is 24.3 Å². The van der Waals surface area contributed by atoms with E-state index < -0.39 is 9.85 Å². The molecule has 160 valence electrons. The SMILES string of the molecule is O=[N+]([O-])c1ccc(N=C2c3ccccc3C(=Nc3ccc([N+](=O)[O-])cc3)c3occc32)cc1. The molecule has 0 N–H and O–H groups in total. The van der Waals surface area contributed by atoms with E-state index in [1.807, 2.05) is 24.3 Å². The Labute approximate surface area is 186 Å². The first-order valence-corrected chi connectivity index (χ1v) is 9.85. The summed E-state index contributed by atoms with van der Waals surface area (Å²) >= 11 is 0. The van der Waals surface area contributed by atoms with Gasteiger partial charge in [0.25, 0.3) is 11.4 Å². The van der Waals surface area contributed by atoms with Gasteiger partial charge in [0.15, 0.2) is 5.76 Å². The highest BCUT2D eigenvalue weighted by Crippen LogP contribution is 2.33. The van der Waals surface area contributed by atoms with E-state index in [-0.39, 0.29) is 11.4 Å². The third-order valence-electron chi connectivity index (χ3n) is 5.18. The maximum atomic E-state index is 10.9. The number of fused-ring (bicyclic) bond motifs is 2. The van der Waals surface area contributed by atoms with Gasteiger partial charge in [-0.2, -0.15) is 0 Å². The van der Waals surface area contributed by atoms with Crippen LogP contribution in [-0.2, 0) is 0 Å². The lowest BCUT2D eigenvalue weighted by Gasteiger charge is -2.19. The maximum Gasteiger partial charge on any atom is 0.269 e. The second-order valence-corrected chi connectivity index (χ2v) is 7.18. The molecular formula is C24H14N4O5. The molecule has 1 aliphatic carbocycles. The molecule has 1 aromatic heterocycles. The van der Waals surface area contributed by atoms with Crippen LogP contribution in [0, 0.1) is 20.2 Å². The largest absolute Gasteiger partial charge is 0.462 e. The molecule has 1 aliphatic rings. The van der Waals surface area contributed by atoms with E-state index in [9.17, 15) is 20.2 Å². The molecule has 0 saturated heterocycles. The second kappa shape index (κ2) is 7.97. The van der Waals surface area contributed by atoms with Crippen molar-refractivity contribution in [2.45, 2.75) is 0 Å². The first kappa shape index (κ1) is 20.0. The van der Waals surface area contributed by atoms with Crippen molar-refractivity contribution < 1.29 is 14.3 Å². The molecule has 9 nitrogen and oxygen atoms in total. The fourth-order valence-electron chi connectivity index (χ4n) is 3.63. The monoisotopic (exact) mass is 438 g/mol. The van der Waals surface area contributed by atoms with Gasteiger partial charge in [0.1, 0.15) is 5.71 Å².